The molecule has 0 spiro atoms. The molecule has 0 radical (unpaired) electrons. The van der Waals surface area contributed by atoms with E-state index >= 15 is 0 Å². The molecule has 6 nitrogen and oxygen atoms in total. The number of benzene rings is 2. The first-order valence-electron chi connectivity index (χ1n) is 7.10. The van der Waals surface area contributed by atoms with Crippen LogP contribution in [0.25, 0.3) is 6.08 Å². The van der Waals surface area contributed by atoms with Gasteiger partial charge in [0.25, 0.3) is 0 Å². The van der Waals surface area contributed by atoms with Crippen LogP contribution < -0.4 is 8.92 Å². The Hall–Kier alpha value is -2.58. The topological polar surface area (TPSA) is 78.9 Å². The van der Waals surface area contributed by atoms with E-state index < -0.39 is 21.9 Å². The Kier molecular flexibility index (Phi) is 6.23. The van der Waals surface area contributed by atoms with E-state index in [9.17, 15) is 17.6 Å². The van der Waals surface area contributed by atoms with Gasteiger partial charge < -0.3 is 13.7 Å². The number of hydrogen-bond acceptors (Lipinski definition) is 6. The molecule has 9 heteroatoms. The highest BCUT2D eigenvalue weighted by molar-refractivity contribution is 7.87. The van der Waals surface area contributed by atoms with E-state index in [2.05, 4.69) is 4.74 Å². The molecule has 0 bridgehead atoms. The summed E-state index contributed by atoms with van der Waals surface area (Å²) in [7, 11) is -1.73. The average Bonchev–Trinajstić information content (AvgIpc) is 2.59. The molecule has 0 N–H and O–H groups in total. The van der Waals surface area contributed by atoms with Gasteiger partial charge in [0.2, 0.25) is 0 Å². The molecule has 0 fully saturated rings. The highest BCUT2D eigenvalue weighted by Crippen LogP contribution is 2.32. The first-order valence-corrected chi connectivity index (χ1v) is 8.89. The minimum atomic E-state index is -4.31. The molecule has 0 aromatic heterocycles. The van der Waals surface area contributed by atoms with Crippen molar-refractivity contribution in [3.63, 3.8) is 0 Å². The van der Waals surface area contributed by atoms with Crippen LogP contribution in [0.15, 0.2) is 47.4 Å². The Balaban J connectivity index is 2.33. The number of ether oxygens (including phenoxy) is 2. The van der Waals surface area contributed by atoms with Crippen LogP contribution in [0.3, 0.4) is 0 Å². The summed E-state index contributed by atoms with van der Waals surface area (Å²) < 4.78 is 52.5. The maximum Gasteiger partial charge on any atom is 0.340 e. The van der Waals surface area contributed by atoms with Gasteiger partial charge in [0.1, 0.15) is 10.7 Å². The maximum absolute atomic E-state index is 13.1. The normalized spacial score (nSPS) is 11.4. The van der Waals surface area contributed by atoms with Gasteiger partial charge in [-0.1, -0.05) is 17.7 Å². The van der Waals surface area contributed by atoms with Crippen LogP contribution >= 0.6 is 11.6 Å². The van der Waals surface area contributed by atoms with Gasteiger partial charge in [-0.2, -0.15) is 8.42 Å². The average molecular weight is 401 g/mol. The first-order chi connectivity index (χ1) is 12.3. The number of carbonyl (C=O) groups excluding carboxylic acids is 1. The molecule has 0 aliphatic heterocycles. The van der Waals surface area contributed by atoms with Gasteiger partial charge in [0.15, 0.2) is 11.5 Å². The van der Waals surface area contributed by atoms with Crippen molar-refractivity contribution < 1.29 is 31.3 Å². The molecule has 0 atom stereocenters. The van der Waals surface area contributed by atoms with Crippen LogP contribution in [0.5, 0.6) is 11.5 Å². The predicted molar refractivity (Wildman–Crippen MR) is 93.3 cm³/mol. The summed E-state index contributed by atoms with van der Waals surface area (Å²) in [5.74, 6) is -1.20. The van der Waals surface area contributed by atoms with E-state index in [4.69, 9.17) is 20.5 Å². The molecular formula is C17H14ClFO6S. The minimum Gasteiger partial charge on any atom is -0.493 e. The summed E-state index contributed by atoms with van der Waals surface area (Å²) in [6.45, 7) is 0. The first kappa shape index (κ1) is 19.7. The van der Waals surface area contributed by atoms with Crippen LogP contribution in [0.4, 0.5) is 4.39 Å². The molecular weight excluding hydrogens is 387 g/mol. The van der Waals surface area contributed by atoms with E-state index in [0.29, 0.717) is 5.56 Å². The van der Waals surface area contributed by atoms with Crippen LogP contribution in [0.2, 0.25) is 5.02 Å². The summed E-state index contributed by atoms with van der Waals surface area (Å²) in [5.41, 5.74) is 0.553. The zero-order valence-corrected chi connectivity index (χ0v) is 15.3. The minimum absolute atomic E-state index is 0.0943. The van der Waals surface area contributed by atoms with Gasteiger partial charge in [-0.3, -0.25) is 0 Å². The second-order valence-corrected chi connectivity index (χ2v) is 6.80. The quantitative estimate of drug-likeness (QED) is 0.420. The smallest absolute Gasteiger partial charge is 0.340 e. The van der Waals surface area contributed by atoms with Crippen molar-refractivity contribution in [2.45, 2.75) is 4.90 Å². The van der Waals surface area contributed by atoms with Crippen LogP contribution in [-0.4, -0.2) is 28.6 Å². The van der Waals surface area contributed by atoms with E-state index in [1.54, 1.807) is 0 Å². The molecule has 0 saturated carbocycles. The fraction of sp³-hybridized carbons (Fsp3) is 0.118. The lowest BCUT2D eigenvalue weighted by atomic mass is 10.2. The lowest BCUT2D eigenvalue weighted by Gasteiger charge is -2.12. The molecule has 0 saturated heterocycles. The van der Waals surface area contributed by atoms with Crippen LogP contribution in [0, 0.1) is 5.82 Å². The lowest BCUT2D eigenvalue weighted by Crippen LogP contribution is -2.11. The molecule has 0 heterocycles. The zero-order chi connectivity index (χ0) is 19.3. The second kappa shape index (κ2) is 8.20. The third-order valence-corrected chi connectivity index (χ3v) is 4.88. The molecule has 2 rings (SSSR count). The van der Waals surface area contributed by atoms with E-state index in [1.807, 2.05) is 0 Å². The van der Waals surface area contributed by atoms with Gasteiger partial charge in [-0.15, -0.1) is 0 Å². The van der Waals surface area contributed by atoms with Crippen LogP contribution in [0.1, 0.15) is 5.56 Å². The zero-order valence-electron chi connectivity index (χ0n) is 13.7. The highest BCUT2D eigenvalue weighted by atomic mass is 35.5. The fourth-order valence-electron chi connectivity index (χ4n) is 1.93. The van der Waals surface area contributed by atoms with Gasteiger partial charge in [0.05, 0.1) is 19.2 Å². The molecule has 2 aromatic carbocycles. The predicted octanol–water partition coefficient (Wildman–Crippen LogP) is 3.44. The Morgan fingerprint density at radius 3 is 2.46 bits per heavy atom. The molecule has 0 amide bonds. The molecule has 0 aliphatic rings. The fourth-order valence-corrected chi connectivity index (χ4v) is 3.38. The summed E-state index contributed by atoms with van der Waals surface area (Å²) in [6.07, 6.45) is 2.66. The Morgan fingerprint density at radius 1 is 1.12 bits per heavy atom. The lowest BCUT2D eigenvalue weighted by molar-refractivity contribution is -0.134. The number of hydrogen-bond donors (Lipinski definition) is 0. The van der Waals surface area contributed by atoms with Gasteiger partial charge in [-0.05, 0) is 42.0 Å². The molecule has 0 unspecified atom stereocenters. The number of methoxy groups -OCH3 is 2. The Morgan fingerprint density at radius 2 is 1.85 bits per heavy atom. The molecule has 138 valence electrons. The van der Waals surface area contributed by atoms with Crippen molar-refractivity contribution in [2.24, 2.45) is 0 Å². The van der Waals surface area contributed by atoms with Crippen molar-refractivity contribution in [3.8, 4) is 11.5 Å². The molecule has 2 aromatic rings. The van der Waals surface area contributed by atoms with Crippen LogP contribution in [-0.2, 0) is 19.6 Å². The third kappa shape index (κ3) is 4.74. The number of halogens is 2. The number of esters is 1. The maximum atomic E-state index is 13.1. The number of carbonyl (C=O) groups is 1. The van der Waals surface area contributed by atoms with Gasteiger partial charge >= 0.3 is 16.1 Å². The van der Waals surface area contributed by atoms with Crippen molar-refractivity contribution in [3.05, 3.63) is 58.9 Å². The third-order valence-electron chi connectivity index (χ3n) is 3.16. The molecule has 26 heavy (non-hydrogen) atoms. The Bertz CT molecular complexity index is 956. The standard InChI is InChI=1S/C17H14ClFO6S/c1-23-15-9-11(4-8-17(20)24-2)3-6-14(15)25-26(21,22)16-7-5-12(19)10-13(16)18/h3-10H,1-2H3. The summed E-state index contributed by atoms with van der Waals surface area (Å²) in [5, 5.41) is -0.304. The highest BCUT2D eigenvalue weighted by Gasteiger charge is 2.22. The van der Waals surface area contributed by atoms with E-state index in [1.165, 1.54) is 44.6 Å². The SMILES string of the molecule is COC(=O)C=Cc1ccc(OS(=O)(=O)c2ccc(F)cc2Cl)c(OC)c1. The van der Waals surface area contributed by atoms with E-state index in [0.717, 1.165) is 18.2 Å². The Labute approximate surface area is 154 Å². The summed E-state index contributed by atoms with van der Waals surface area (Å²) >= 11 is 5.78. The monoisotopic (exact) mass is 400 g/mol. The van der Waals surface area contributed by atoms with Crippen molar-refractivity contribution >= 4 is 33.8 Å². The van der Waals surface area contributed by atoms with Crippen molar-refractivity contribution in [1.29, 1.82) is 0 Å². The van der Waals surface area contributed by atoms with Gasteiger partial charge in [-0.25, -0.2) is 9.18 Å². The summed E-state index contributed by atoms with van der Waals surface area (Å²) in [6, 6.07) is 7.17. The second-order valence-electron chi connectivity index (χ2n) is 4.88. The molecule has 0 aliphatic carbocycles. The largest absolute Gasteiger partial charge is 0.493 e. The summed E-state index contributed by atoms with van der Waals surface area (Å²) in [4.78, 5) is 10.7. The van der Waals surface area contributed by atoms with E-state index in [-0.39, 0.29) is 21.4 Å². The van der Waals surface area contributed by atoms with Gasteiger partial charge in [0, 0.05) is 6.08 Å². The number of rotatable bonds is 6. The van der Waals surface area contributed by atoms with Crippen molar-refractivity contribution in [1.82, 2.24) is 0 Å². The van der Waals surface area contributed by atoms with Crippen molar-refractivity contribution in [2.75, 3.05) is 14.2 Å².